The molecule has 0 radical (unpaired) electrons. The molecule has 0 spiro atoms. The molecule has 2 aromatic rings. The molecule has 3 rings (SSSR count). The van der Waals surface area contributed by atoms with Gasteiger partial charge < -0.3 is 9.64 Å². The number of nitrogens with zero attached hydrogens (tertiary/aromatic N) is 2. The second-order valence-electron chi connectivity index (χ2n) is 4.87. The number of rotatable bonds is 2. The molecule has 1 amide bonds. The minimum Gasteiger partial charge on any atom is -0.370 e. The van der Waals surface area contributed by atoms with Crippen LogP contribution >= 0.6 is 0 Å². The van der Waals surface area contributed by atoms with Gasteiger partial charge in [-0.1, -0.05) is 18.2 Å². The molecule has 0 bridgehead atoms. The highest BCUT2D eigenvalue weighted by Crippen LogP contribution is 2.25. The minimum absolute atomic E-state index is 0.0814. The van der Waals surface area contributed by atoms with Crippen molar-refractivity contribution in [3.05, 3.63) is 65.7 Å². The van der Waals surface area contributed by atoms with Crippen molar-refractivity contribution in [1.29, 1.82) is 0 Å². The quantitative estimate of drug-likeness (QED) is 0.851. The van der Waals surface area contributed by atoms with E-state index in [1.165, 1.54) is 6.07 Å². The summed E-state index contributed by atoms with van der Waals surface area (Å²) in [6.45, 7) is 1.25. The number of hydrogen-bond donors (Lipinski definition) is 0. The summed E-state index contributed by atoms with van der Waals surface area (Å²) in [6, 6.07) is 9.86. The normalized spacial score (nSPS) is 18.5. The molecule has 1 unspecified atom stereocenters. The smallest absolute Gasteiger partial charge is 0.254 e. The van der Waals surface area contributed by atoms with Crippen molar-refractivity contribution in [2.75, 3.05) is 19.7 Å². The molecule has 0 aliphatic carbocycles. The Kier molecular flexibility index (Phi) is 3.92. The lowest BCUT2D eigenvalue weighted by molar-refractivity contribution is -0.0243. The number of amides is 1. The van der Waals surface area contributed by atoms with Crippen molar-refractivity contribution in [2.24, 2.45) is 0 Å². The fourth-order valence-corrected chi connectivity index (χ4v) is 2.44. The highest BCUT2D eigenvalue weighted by atomic mass is 19.1. The van der Waals surface area contributed by atoms with Crippen LogP contribution in [0, 0.1) is 5.82 Å². The van der Waals surface area contributed by atoms with E-state index in [-0.39, 0.29) is 11.7 Å². The predicted molar refractivity (Wildman–Crippen MR) is 75.2 cm³/mol. The summed E-state index contributed by atoms with van der Waals surface area (Å²) in [5, 5.41) is 0. The van der Waals surface area contributed by atoms with Gasteiger partial charge in [0.15, 0.2) is 0 Å². The van der Waals surface area contributed by atoms with Crippen molar-refractivity contribution in [1.82, 2.24) is 9.88 Å². The van der Waals surface area contributed by atoms with Gasteiger partial charge in [0.2, 0.25) is 0 Å². The second kappa shape index (κ2) is 6.01. The van der Waals surface area contributed by atoms with Crippen LogP contribution in [0.2, 0.25) is 0 Å². The molecule has 108 valence electrons. The molecule has 4 nitrogen and oxygen atoms in total. The standard InChI is InChI=1S/C16H15FN2O2/c17-14-4-2-1-3-13(14)15-11-19(9-10-21-15)16(20)12-5-7-18-8-6-12/h1-8,15H,9-11H2. The summed E-state index contributed by atoms with van der Waals surface area (Å²) < 4.78 is 19.4. The average molecular weight is 286 g/mol. The fourth-order valence-electron chi connectivity index (χ4n) is 2.44. The van der Waals surface area contributed by atoms with E-state index in [2.05, 4.69) is 4.98 Å². The average Bonchev–Trinajstić information content (AvgIpc) is 2.55. The van der Waals surface area contributed by atoms with E-state index in [1.807, 2.05) is 0 Å². The van der Waals surface area contributed by atoms with E-state index in [0.29, 0.717) is 30.8 Å². The van der Waals surface area contributed by atoms with Gasteiger partial charge in [-0.2, -0.15) is 0 Å². The van der Waals surface area contributed by atoms with Crippen LogP contribution in [0.15, 0.2) is 48.8 Å². The van der Waals surface area contributed by atoms with E-state index in [0.717, 1.165) is 0 Å². The number of ether oxygens (including phenoxy) is 1. The number of morpholine rings is 1. The number of carbonyl (C=O) groups is 1. The van der Waals surface area contributed by atoms with Crippen molar-refractivity contribution >= 4 is 5.91 Å². The van der Waals surface area contributed by atoms with Gasteiger partial charge in [-0.3, -0.25) is 9.78 Å². The monoisotopic (exact) mass is 286 g/mol. The molecule has 1 saturated heterocycles. The Labute approximate surface area is 122 Å². The SMILES string of the molecule is O=C(c1ccncc1)N1CCOC(c2ccccc2F)C1. The number of hydrogen-bond acceptors (Lipinski definition) is 3. The number of pyridine rings is 1. The van der Waals surface area contributed by atoms with Crippen LogP contribution in [0.3, 0.4) is 0 Å². The molecule has 1 fully saturated rings. The molecular formula is C16H15FN2O2. The summed E-state index contributed by atoms with van der Waals surface area (Å²) >= 11 is 0. The van der Waals surface area contributed by atoms with Crippen molar-refractivity contribution < 1.29 is 13.9 Å². The van der Waals surface area contributed by atoms with Gasteiger partial charge in [-0.05, 0) is 18.2 Å². The molecular weight excluding hydrogens is 271 g/mol. The Morgan fingerprint density at radius 2 is 2.00 bits per heavy atom. The first kappa shape index (κ1) is 13.7. The van der Waals surface area contributed by atoms with Crippen molar-refractivity contribution in [3.63, 3.8) is 0 Å². The van der Waals surface area contributed by atoms with Crippen LogP contribution in [0.4, 0.5) is 4.39 Å². The summed E-state index contributed by atoms with van der Waals surface area (Å²) in [5.74, 6) is -0.386. The lowest BCUT2D eigenvalue weighted by Crippen LogP contribution is -2.42. The van der Waals surface area contributed by atoms with Crippen LogP contribution in [-0.4, -0.2) is 35.5 Å². The third-order valence-corrected chi connectivity index (χ3v) is 3.53. The van der Waals surface area contributed by atoms with Crippen LogP contribution in [0.1, 0.15) is 22.0 Å². The van der Waals surface area contributed by atoms with Crippen LogP contribution in [0.5, 0.6) is 0 Å². The van der Waals surface area contributed by atoms with Gasteiger partial charge in [0.25, 0.3) is 5.91 Å². The largest absolute Gasteiger partial charge is 0.370 e. The van der Waals surface area contributed by atoms with Gasteiger partial charge in [0.05, 0.1) is 13.2 Å². The molecule has 1 aromatic carbocycles. The van der Waals surface area contributed by atoms with Crippen molar-refractivity contribution in [2.45, 2.75) is 6.10 Å². The highest BCUT2D eigenvalue weighted by molar-refractivity contribution is 5.94. The Bertz CT molecular complexity index is 633. The summed E-state index contributed by atoms with van der Waals surface area (Å²) in [7, 11) is 0. The van der Waals surface area contributed by atoms with Gasteiger partial charge >= 0.3 is 0 Å². The van der Waals surface area contributed by atoms with Crippen LogP contribution < -0.4 is 0 Å². The predicted octanol–water partition coefficient (Wildman–Crippen LogP) is 2.43. The Morgan fingerprint density at radius 3 is 2.76 bits per heavy atom. The van der Waals surface area contributed by atoms with Gasteiger partial charge in [-0.15, -0.1) is 0 Å². The minimum atomic E-state index is -0.425. The highest BCUT2D eigenvalue weighted by Gasteiger charge is 2.27. The topological polar surface area (TPSA) is 42.4 Å². The maximum absolute atomic E-state index is 13.8. The zero-order chi connectivity index (χ0) is 14.7. The maximum Gasteiger partial charge on any atom is 0.254 e. The van der Waals surface area contributed by atoms with E-state index in [4.69, 9.17) is 4.74 Å². The zero-order valence-electron chi connectivity index (χ0n) is 11.4. The van der Waals surface area contributed by atoms with E-state index < -0.39 is 6.10 Å². The molecule has 1 aliphatic rings. The zero-order valence-corrected chi connectivity index (χ0v) is 11.4. The van der Waals surface area contributed by atoms with Crippen LogP contribution in [-0.2, 0) is 4.74 Å². The third kappa shape index (κ3) is 2.92. The molecule has 1 aliphatic heterocycles. The Balaban J connectivity index is 1.77. The number of carbonyl (C=O) groups excluding carboxylic acids is 1. The van der Waals surface area contributed by atoms with Gasteiger partial charge in [0.1, 0.15) is 11.9 Å². The summed E-state index contributed by atoms with van der Waals surface area (Å²) in [5.41, 5.74) is 1.07. The van der Waals surface area contributed by atoms with E-state index in [1.54, 1.807) is 47.6 Å². The molecule has 0 saturated carbocycles. The first-order valence-electron chi connectivity index (χ1n) is 6.81. The Hall–Kier alpha value is -2.27. The maximum atomic E-state index is 13.8. The molecule has 5 heteroatoms. The molecule has 2 heterocycles. The van der Waals surface area contributed by atoms with E-state index in [9.17, 15) is 9.18 Å². The Morgan fingerprint density at radius 1 is 1.24 bits per heavy atom. The number of aromatic nitrogens is 1. The third-order valence-electron chi connectivity index (χ3n) is 3.53. The van der Waals surface area contributed by atoms with Gasteiger partial charge in [0, 0.05) is 30.1 Å². The second-order valence-corrected chi connectivity index (χ2v) is 4.87. The number of benzene rings is 1. The molecule has 1 atom stereocenters. The fraction of sp³-hybridized carbons (Fsp3) is 0.250. The first-order chi connectivity index (χ1) is 10.3. The summed E-state index contributed by atoms with van der Waals surface area (Å²) in [4.78, 5) is 18.0. The van der Waals surface area contributed by atoms with E-state index >= 15 is 0 Å². The molecule has 21 heavy (non-hydrogen) atoms. The van der Waals surface area contributed by atoms with Gasteiger partial charge in [-0.25, -0.2) is 4.39 Å². The lowest BCUT2D eigenvalue weighted by Gasteiger charge is -2.33. The molecule has 0 N–H and O–H groups in total. The molecule has 1 aromatic heterocycles. The first-order valence-corrected chi connectivity index (χ1v) is 6.81. The summed E-state index contributed by atoms with van der Waals surface area (Å²) in [6.07, 6.45) is 2.75. The lowest BCUT2D eigenvalue weighted by atomic mass is 10.1. The number of halogens is 1. The van der Waals surface area contributed by atoms with Crippen molar-refractivity contribution in [3.8, 4) is 0 Å². The van der Waals surface area contributed by atoms with Crippen LogP contribution in [0.25, 0.3) is 0 Å².